The van der Waals surface area contributed by atoms with Crippen LogP contribution in [0.4, 0.5) is 5.69 Å². The van der Waals surface area contributed by atoms with Crippen molar-refractivity contribution in [3.05, 3.63) is 29.8 Å². The summed E-state index contributed by atoms with van der Waals surface area (Å²) in [6, 6.07) is 8.72. The summed E-state index contributed by atoms with van der Waals surface area (Å²) < 4.78 is 5.58. The van der Waals surface area contributed by atoms with Gasteiger partial charge in [0.15, 0.2) is 5.96 Å². The maximum Gasteiger partial charge on any atom is 0.198 e. The van der Waals surface area contributed by atoms with Gasteiger partial charge in [-0.2, -0.15) is 0 Å². The molecule has 1 aromatic rings. The minimum Gasteiger partial charge on any atom is -0.381 e. The molecule has 0 atom stereocenters. The molecule has 2 fully saturated rings. The lowest BCUT2D eigenvalue weighted by molar-refractivity contribution is -0.00160. The summed E-state index contributed by atoms with van der Waals surface area (Å²) in [4.78, 5) is 9.72. The number of guanidine groups is 1. The highest BCUT2D eigenvalue weighted by Gasteiger charge is 2.41. The highest BCUT2D eigenvalue weighted by molar-refractivity contribution is 14.0. The third-order valence-corrected chi connectivity index (χ3v) is 6.91. The Morgan fingerprint density at radius 1 is 1.18 bits per heavy atom. The first-order valence-corrected chi connectivity index (χ1v) is 10.6. The van der Waals surface area contributed by atoms with E-state index in [9.17, 15) is 0 Å². The summed E-state index contributed by atoms with van der Waals surface area (Å²) in [6.45, 7) is 4.33. The molecule has 0 spiro atoms. The van der Waals surface area contributed by atoms with Gasteiger partial charge in [0.05, 0.1) is 6.10 Å². The Hall–Kier alpha value is -0.860. The number of ether oxygens (including phenoxy) is 1. The van der Waals surface area contributed by atoms with Gasteiger partial charge in [-0.1, -0.05) is 31.0 Å². The van der Waals surface area contributed by atoms with Crippen LogP contribution >= 0.6 is 24.0 Å². The number of hydrogen-bond acceptors (Lipinski definition) is 3. The highest BCUT2D eigenvalue weighted by Crippen LogP contribution is 2.37. The van der Waals surface area contributed by atoms with Crippen LogP contribution in [0.2, 0.25) is 0 Å². The number of benzene rings is 1. The van der Waals surface area contributed by atoms with E-state index in [1.807, 2.05) is 14.2 Å². The molecule has 0 bridgehead atoms. The molecule has 1 aliphatic carbocycles. The minimum atomic E-state index is 0. The van der Waals surface area contributed by atoms with E-state index in [4.69, 9.17) is 4.74 Å². The van der Waals surface area contributed by atoms with E-state index >= 15 is 0 Å². The molecule has 156 valence electrons. The van der Waals surface area contributed by atoms with Crippen molar-refractivity contribution in [2.24, 2.45) is 4.99 Å². The fourth-order valence-corrected chi connectivity index (χ4v) is 5.30. The van der Waals surface area contributed by atoms with E-state index in [-0.39, 0.29) is 29.5 Å². The predicted octanol–water partition coefficient (Wildman–Crippen LogP) is 3.67. The molecular formula is C22H35IN4O. The van der Waals surface area contributed by atoms with Crippen molar-refractivity contribution in [1.82, 2.24) is 10.2 Å². The number of methoxy groups -OCH3 is 1. The van der Waals surface area contributed by atoms with Gasteiger partial charge in [0.1, 0.15) is 0 Å². The largest absolute Gasteiger partial charge is 0.381 e. The van der Waals surface area contributed by atoms with Crippen LogP contribution < -0.4 is 10.2 Å². The lowest BCUT2D eigenvalue weighted by Crippen LogP contribution is -2.58. The Labute approximate surface area is 186 Å². The topological polar surface area (TPSA) is 40.1 Å². The SMILES string of the molecule is CN=C(NCC1(N2CCC(OC)CC2)CCCC1)N1CCc2ccccc21.I. The van der Waals surface area contributed by atoms with Gasteiger partial charge in [-0.3, -0.25) is 9.89 Å². The molecule has 5 nitrogen and oxygen atoms in total. The zero-order valence-corrected chi connectivity index (χ0v) is 19.7. The average molecular weight is 498 g/mol. The number of nitrogens with one attached hydrogen (secondary N) is 1. The van der Waals surface area contributed by atoms with E-state index in [0.717, 1.165) is 51.4 Å². The van der Waals surface area contributed by atoms with Crippen molar-refractivity contribution in [2.45, 2.75) is 56.6 Å². The monoisotopic (exact) mass is 498 g/mol. The van der Waals surface area contributed by atoms with Crippen LogP contribution in [-0.4, -0.2) is 62.8 Å². The molecule has 28 heavy (non-hydrogen) atoms. The second kappa shape index (κ2) is 9.76. The van der Waals surface area contributed by atoms with E-state index in [0.29, 0.717) is 6.10 Å². The lowest BCUT2D eigenvalue weighted by atomic mass is 9.91. The predicted molar refractivity (Wildman–Crippen MR) is 127 cm³/mol. The number of likely N-dealkylation sites (tertiary alicyclic amines) is 1. The van der Waals surface area contributed by atoms with Crippen LogP contribution in [0.15, 0.2) is 29.3 Å². The van der Waals surface area contributed by atoms with Gasteiger partial charge in [0, 0.05) is 51.6 Å². The molecule has 1 saturated carbocycles. The highest BCUT2D eigenvalue weighted by atomic mass is 127. The molecule has 0 unspecified atom stereocenters. The van der Waals surface area contributed by atoms with Crippen LogP contribution in [0, 0.1) is 0 Å². The third-order valence-electron chi connectivity index (χ3n) is 6.91. The molecular weight excluding hydrogens is 463 g/mol. The van der Waals surface area contributed by atoms with Crippen molar-refractivity contribution >= 4 is 35.6 Å². The Bertz CT molecular complexity index is 666. The fourth-order valence-electron chi connectivity index (χ4n) is 5.30. The Kier molecular flexibility index (Phi) is 7.61. The molecule has 3 aliphatic rings. The normalized spacial score (nSPS) is 22.8. The maximum absolute atomic E-state index is 5.58. The maximum atomic E-state index is 5.58. The molecule has 0 aromatic heterocycles. The van der Waals surface area contributed by atoms with Gasteiger partial charge < -0.3 is 15.0 Å². The number of hydrogen-bond donors (Lipinski definition) is 1. The van der Waals surface area contributed by atoms with Crippen LogP contribution in [0.3, 0.4) is 0 Å². The van der Waals surface area contributed by atoms with Crippen molar-refractivity contribution in [3.63, 3.8) is 0 Å². The van der Waals surface area contributed by atoms with E-state index in [1.54, 1.807) is 0 Å². The Balaban J connectivity index is 0.00000225. The van der Waals surface area contributed by atoms with Crippen molar-refractivity contribution < 1.29 is 4.74 Å². The summed E-state index contributed by atoms with van der Waals surface area (Å²) in [5.74, 6) is 1.03. The number of aliphatic imine (C=N–C) groups is 1. The smallest absolute Gasteiger partial charge is 0.198 e. The zero-order valence-electron chi connectivity index (χ0n) is 17.3. The number of para-hydroxylation sites is 1. The quantitative estimate of drug-likeness (QED) is 0.391. The molecule has 6 heteroatoms. The molecule has 0 amide bonds. The first-order chi connectivity index (χ1) is 13.3. The number of piperidine rings is 1. The molecule has 1 N–H and O–H groups in total. The minimum absolute atomic E-state index is 0. The summed E-state index contributed by atoms with van der Waals surface area (Å²) in [5, 5.41) is 3.76. The van der Waals surface area contributed by atoms with Crippen LogP contribution in [0.5, 0.6) is 0 Å². The fraction of sp³-hybridized carbons (Fsp3) is 0.682. The van der Waals surface area contributed by atoms with Gasteiger partial charge >= 0.3 is 0 Å². The van der Waals surface area contributed by atoms with Crippen molar-refractivity contribution in [1.29, 1.82) is 0 Å². The zero-order chi connectivity index (χ0) is 18.7. The Morgan fingerprint density at radius 3 is 2.57 bits per heavy atom. The number of anilines is 1. The summed E-state index contributed by atoms with van der Waals surface area (Å²) in [6.07, 6.45) is 9.15. The van der Waals surface area contributed by atoms with Crippen LogP contribution in [0.1, 0.15) is 44.1 Å². The lowest BCUT2D eigenvalue weighted by Gasteiger charge is -2.45. The van der Waals surface area contributed by atoms with E-state index in [1.165, 1.54) is 36.9 Å². The van der Waals surface area contributed by atoms with Gasteiger partial charge in [0.25, 0.3) is 0 Å². The van der Waals surface area contributed by atoms with Crippen molar-refractivity contribution in [3.8, 4) is 0 Å². The second-order valence-electron chi connectivity index (χ2n) is 8.28. The van der Waals surface area contributed by atoms with Gasteiger partial charge in [0.2, 0.25) is 0 Å². The van der Waals surface area contributed by atoms with E-state index < -0.39 is 0 Å². The molecule has 2 aliphatic heterocycles. The number of nitrogens with zero attached hydrogens (tertiary/aromatic N) is 3. The first-order valence-electron chi connectivity index (χ1n) is 10.6. The van der Waals surface area contributed by atoms with Crippen LogP contribution in [0.25, 0.3) is 0 Å². The first kappa shape index (κ1) is 21.8. The number of fused-ring (bicyclic) bond motifs is 1. The molecule has 0 radical (unpaired) electrons. The molecule has 1 aromatic carbocycles. The van der Waals surface area contributed by atoms with Crippen LogP contribution in [-0.2, 0) is 11.2 Å². The van der Waals surface area contributed by atoms with Gasteiger partial charge in [-0.05, 0) is 43.7 Å². The standard InChI is InChI=1S/C22H34N4O.HI/c1-23-21(26-16-9-18-7-3-4-8-20(18)26)24-17-22(12-5-6-13-22)25-14-10-19(27-2)11-15-25;/h3-4,7-8,19H,5-6,9-17H2,1-2H3,(H,23,24);1H. The third kappa shape index (κ3) is 4.33. The van der Waals surface area contributed by atoms with Gasteiger partial charge in [-0.25, -0.2) is 0 Å². The number of halogens is 1. The molecule has 1 saturated heterocycles. The van der Waals surface area contributed by atoms with Crippen molar-refractivity contribution in [2.75, 3.05) is 45.2 Å². The number of rotatable bonds is 4. The molecule has 2 heterocycles. The average Bonchev–Trinajstić information content (AvgIpc) is 3.37. The van der Waals surface area contributed by atoms with E-state index in [2.05, 4.69) is 44.4 Å². The Morgan fingerprint density at radius 2 is 1.89 bits per heavy atom. The van der Waals surface area contributed by atoms with Gasteiger partial charge in [-0.15, -0.1) is 24.0 Å². The summed E-state index contributed by atoms with van der Waals surface area (Å²) >= 11 is 0. The summed E-state index contributed by atoms with van der Waals surface area (Å²) in [5.41, 5.74) is 3.03. The second-order valence-corrected chi connectivity index (χ2v) is 8.28. The molecule has 4 rings (SSSR count). The summed E-state index contributed by atoms with van der Waals surface area (Å²) in [7, 11) is 3.76.